The van der Waals surface area contributed by atoms with E-state index in [-0.39, 0.29) is 32.2 Å². The van der Waals surface area contributed by atoms with E-state index in [0.717, 1.165) is 4.90 Å². The van der Waals surface area contributed by atoms with Gasteiger partial charge in [0.25, 0.3) is 0 Å². The molecule has 1 aliphatic heterocycles. The quantitative estimate of drug-likeness (QED) is 0.480. The number of hydrogen-bond donors (Lipinski definition) is 2. The summed E-state index contributed by atoms with van der Waals surface area (Å²) >= 11 is 0. The monoisotopic (exact) mass is 266 g/mol. The molecule has 0 aromatic heterocycles. The molecule has 7 nitrogen and oxygen atoms in total. The number of nitrogens with zero attached hydrogens (tertiary/aromatic N) is 1. The fourth-order valence-corrected chi connectivity index (χ4v) is 1.81. The van der Waals surface area contributed by atoms with Crippen LogP contribution in [0.25, 0.3) is 0 Å². The summed E-state index contributed by atoms with van der Waals surface area (Å²) in [7, 11) is 0. The van der Waals surface area contributed by atoms with E-state index >= 15 is 0 Å². The Morgan fingerprint density at radius 2 is 1.95 bits per heavy atom. The zero-order valence-electron chi connectivity index (χ0n) is 10.2. The van der Waals surface area contributed by atoms with Crippen molar-refractivity contribution in [3.63, 3.8) is 0 Å². The van der Waals surface area contributed by atoms with E-state index < -0.39 is 29.7 Å². The molecule has 2 N–H and O–H groups in total. The molecule has 0 bridgehead atoms. The molecule has 0 saturated carbocycles. The minimum absolute atomic E-state index is 0.0197. The Bertz CT molecular complexity index is 436. The lowest BCUT2D eigenvalue weighted by Crippen LogP contribution is -2.45. The van der Waals surface area contributed by atoms with Crippen LogP contribution in [0.3, 0.4) is 0 Å². The maximum Gasteiger partial charge on any atom is 0.326 e. The van der Waals surface area contributed by atoms with E-state index in [2.05, 4.69) is 11.2 Å². The van der Waals surface area contributed by atoms with Crippen molar-refractivity contribution in [1.82, 2.24) is 10.2 Å². The number of carboxylic acids is 1. The second-order valence-electron chi connectivity index (χ2n) is 4.03. The first kappa shape index (κ1) is 14.7. The van der Waals surface area contributed by atoms with Crippen LogP contribution < -0.4 is 5.32 Å². The van der Waals surface area contributed by atoms with Gasteiger partial charge in [0.2, 0.25) is 17.7 Å². The molecule has 1 atom stereocenters. The third-order valence-electron chi connectivity index (χ3n) is 2.72. The molecule has 0 spiro atoms. The maximum atomic E-state index is 11.5. The van der Waals surface area contributed by atoms with Crippen LogP contribution >= 0.6 is 0 Å². The molecule has 0 aromatic rings. The van der Waals surface area contributed by atoms with Crippen molar-refractivity contribution in [1.29, 1.82) is 0 Å². The number of hydrogen-bond acceptors (Lipinski definition) is 4. The van der Waals surface area contributed by atoms with Gasteiger partial charge in [-0.2, -0.15) is 0 Å². The largest absolute Gasteiger partial charge is 0.480 e. The van der Waals surface area contributed by atoms with Crippen molar-refractivity contribution in [2.45, 2.75) is 31.7 Å². The highest BCUT2D eigenvalue weighted by atomic mass is 16.4. The molecule has 1 rings (SSSR count). The first-order valence-corrected chi connectivity index (χ1v) is 5.75. The Labute approximate surface area is 109 Å². The van der Waals surface area contributed by atoms with E-state index in [4.69, 9.17) is 11.5 Å². The number of imide groups is 1. The zero-order valence-corrected chi connectivity index (χ0v) is 10.2. The van der Waals surface area contributed by atoms with Crippen LogP contribution in [0.4, 0.5) is 0 Å². The first-order valence-electron chi connectivity index (χ1n) is 5.75. The van der Waals surface area contributed by atoms with Crippen molar-refractivity contribution in [2.24, 2.45) is 0 Å². The standard InChI is InChI=1S/C12H14N2O5/c1-2-7-13-9(15)4-3-8(12(18)19)14-10(16)5-6-11(14)17/h1,8H,3-7H2,(H,13,15)(H,18,19). The normalized spacial score (nSPS) is 16.1. The minimum Gasteiger partial charge on any atom is -0.480 e. The molecule has 1 heterocycles. The van der Waals surface area contributed by atoms with Crippen LogP contribution in [0.1, 0.15) is 25.7 Å². The summed E-state index contributed by atoms with van der Waals surface area (Å²) in [6, 6.07) is -1.29. The average molecular weight is 266 g/mol. The lowest BCUT2D eigenvalue weighted by atomic mass is 10.1. The zero-order chi connectivity index (χ0) is 14.4. The van der Waals surface area contributed by atoms with Gasteiger partial charge < -0.3 is 10.4 Å². The van der Waals surface area contributed by atoms with Crippen LogP contribution in [0.2, 0.25) is 0 Å². The molecule has 3 amide bonds. The molecule has 1 saturated heterocycles. The van der Waals surface area contributed by atoms with E-state index in [9.17, 15) is 19.2 Å². The molecule has 7 heteroatoms. The first-order chi connectivity index (χ1) is 8.97. The van der Waals surface area contributed by atoms with Crippen LogP contribution in [0, 0.1) is 12.3 Å². The Morgan fingerprint density at radius 3 is 2.42 bits per heavy atom. The van der Waals surface area contributed by atoms with Gasteiger partial charge in [0.15, 0.2) is 0 Å². The second kappa shape index (κ2) is 6.54. The van der Waals surface area contributed by atoms with Crippen LogP contribution in [0.15, 0.2) is 0 Å². The minimum atomic E-state index is -1.30. The van der Waals surface area contributed by atoms with Crippen molar-refractivity contribution in [3.8, 4) is 12.3 Å². The predicted molar refractivity (Wildman–Crippen MR) is 63.6 cm³/mol. The number of rotatable bonds is 6. The van der Waals surface area contributed by atoms with Crippen LogP contribution in [-0.4, -0.2) is 46.3 Å². The van der Waals surface area contributed by atoms with E-state index in [1.54, 1.807) is 0 Å². The predicted octanol–water partition coefficient (Wildman–Crippen LogP) is -0.882. The average Bonchev–Trinajstić information content (AvgIpc) is 2.68. The number of nitrogens with one attached hydrogen (secondary N) is 1. The van der Waals surface area contributed by atoms with Gasteiger partial charge in [-0.25, -0.2) is 4.79 Å². The summed E-state index contributed by atoms with van der Waals surface area (Å²) in [5, 5.41) is 11.4. The summed E-state index contributed by atoms with van der Waals surface area (Å²) in [5.74, 6) is -0.525. The van der Waals surface area contributed by atoms with Gasteiger partial charge in [-0.3, -0.25) is 19.3 Å². The highest BCUT2D eigenvalue weighted by Crippen LogP contribution is 2.18. The topological polar surface area (TPSA) is 104 Å². The number of amides is 3. The van der Waals surface area contributed by atoms with Crippen molar-refractivity contribution < 1.29 is 24.3 Å². The lowest BCUT2D eigenvalue weighted by Gasteiger charge is -2.22. The Balaban J connectivity index is 2.62. The van der Waals surface area contributed by atoms with E-state index in [1.165, 1.54) is 0 Å². The number of carbonyl (C=O) groups is 4. The van der Waals surface area contributed by atoms with E-state index in [0.29, 0.717) is 0 Å². The van der Waals surface area contributed by atoms with Gasteiger partial charge in [-0.1, -0.05) is 5.92 Å². The number of aliphatic carboxylic acids is 1. The fraction of sp³-hybridized carbons (Fsp3) is 0.500. The Kier molecular flexibility index (Phi) is 5.06. The molecule has 0 radical (unpaired) electrons. The number of carbonyl (C=O) groups excluding carboxylic acids is 3. The van der Waals surface area contributed by atoms with Gasteiger partial charge in [0, 0.05) is 19.3 Å². The molecular weight excluding hydrogens is 252 g/mol. The number of carboxylic acid groups (broad SMARTS) is 1. The van der Waals surface area contributed by atoms with Crippen LogP contribution in [-0.2, 0) is 19.2 Å². The molecule has 19 heavy (non-hydrogen) atoms. The third kappa shape index (κ3) is 3.81. The molecule has 0 aromatic carbocycles. The lowest BCUT2D eigenvalue weighted by molar-refractivity contribution is -0.154. The molecular formula is C12H14N2O5. The smallest absolute Gasteiger partial charge is 0.326 e. The third-order valence-corrected chi connectivity index (χ3v) is 2.72. The van der Waals surface area contributed by atoms with Crippen molar-refractivity contribution >= 4 is 23.7 Å². The van der Waals surface area contributed by atoms with Gasteiger partial charge in [0.1, 0.15) is 6.04 Å². The van der Waals surface area contributed by atoms with Crippen molar-refractivity contribution in [3.05, 3.63) is 0 Å². The molecule has 1 fully saturated rings. The summed E-state index contributed by atoms with van der Waals surface area (Å²) in [6.45, 7) is 0.0537. The summed E-state index contributed by atoms with van der Waals surface area (Å²) in [4.78, 5) is 46.1. The Hall–Kier alpha value is -2.36. The molecule has 0 aliphatic carbocycles. The number of terminal acetylenes is 1. The van der Waals surface area contributed by atoms with Gasteiger partial charge in [0.05, 0.1) is 6.54 Å². The number of likely N-dealkylation sites (tertiary alicyclic amines) is 1. The molecule has 1 aliphatic rings. The maximum absolute atomic E-state index is 11.5. The van der Waals surface area contributed by atoms with Gasteiger partial charge in [-0.05, 0) is 6.42 Å². The summed E-state index contributed by atoms with van der Waals surface area (Å²) in [5.41, 5.74) is 0. The van der Waals surface area contributed by atoms with E-state index in [1.807, 2.05) is 0 Å². The molecule has 102 valence electrons. The SMILES string of the molecule is C#CCNC(=O)CCC(C(=O)O)N1C(=O)CCC1=O. The molecule has 1 unspecified atom stereocenters. The van der Waals surface area contributed by atoms with Crippen LogP contribution in [0.5, 0.6) is 0 Å². The highest BCUT2D eigenvalue weighted by molar-refractivity contribution is 6.04. The second-order valence-corrected chi connectivity index (χ2v) is 4.03. The van der Waals surface area contributed by atoms with Gasteiger partial charge in [-0.15, -0.1) is 6.42 Å². The van der Waals surface area contributed by atoms with Crippen molar-refractivity contribution in [2.75, 3.05) is 6.54 Å². The summed E-state index contributed by atoms with van der Waals surface area (Å²) < 4.78 is 0. The van der Waals surface area contributed by atoms with Gasteiger partial charge >= 0.3 is 5.97 Å². The highest BCUT2D eigenvalue weighted by Gasteiger charge is 2.38. The Morgan fingerprint density at radius 1 is 1.37 bits per heavy atom. The summed E-state index contributed by atoms with van der Waals surface area (Å²) in [6.07, 6.45) is 4.76. The fourth-order valence-electron chi connectivity index (χ4n) is 1.81.